The van der Waals surface area contributed by atoms with E-state index < -0.39 is 23.5 Å². The van der Waals surface area contributed by atoms with Crippen molar-refractivity contribution in [3.05, 3.63) is 28.5 Å². The lowest BCUT2D eigenvalue weighted by Crippen LogP contribution is -2.57. The van der Waals surface area contributed by atoms with Gasteiger partial charge in [-0.25, -0.2) is 14.0 Å². The van der Waals surface area contributed by atoms with Crippen molar-refractivity contribution in [2.24, 2.45) is 0 Å². The Morgan fingerprint density at radius 3 is 2.56 bits per heavy atom. The van der Waals surface area contributed by atoms with Crippen molar-refractivity contribution in [3.63, 3.8) is 0 Å². The van der Waals surface area contributed by atoms with Gasteiger partial charge < -0.3 is 19.9 Å². The number of piperazine rings is 1. The highest BCUT2D eigenvalue weighted by Gasteiger charge is 2.32. The molecule has 1 N–H and O–H groups in total. The molecule has 0 saturated carbocycles. The number of nitrogens with one attached hydrogen (secondary N) is 1. The molecule has 1 aliphatic rings. The number of carbonyl (C=O) groups excluding carboxylic acids is 2. The number of hydrogen-bond donors (Lipinski definition) is 1. The SMILES string of the molecule is CC1CN(C(=O)OC(C)(C)C)CCN1C(=O)Nc1ccc(Br)cc1F. The van der Waals surface area contributed by atoms with Gasteiger partial charge in [0.1, 0.15) is 11.4 Å². The maximum absolute atomic E-state index is 13.9. The van der Waals surface area contributed by atoms with Crippen LogP contribution < -0.4 is 5.32 Å². The van der Waals surface area contributed by atoms with E-state index in [1.807, 2.05) is 27.7 Å². The zero-order valence-electron chi connectivity index (χ0n) is 14.8. The zero-order chi connectivity index (χ0) is 18.8. The number of halogens is 2. The Morgan fingerprint density at radius 2 is 2.00 bits per heavy atom. The molecule has 1 aromatic carbocycles. The molecule has 1 unspecified atom stereocenters. The van der Waals surface area contributed by atoms with E-state index >= 15 is 0 Å². The molecule has 0 aromatic heterocycles. The number of carbonyl (C=O) groups is 2. The Hall–Kier alpha value is -1.83. The van der Waals surface area contributed by atoms with E-state index in [0.29, 0.717) is 24.1 Å². The first-order chi connectivity index (χ1) is 11.6. The molecule has 2 rings (SSSR count). The van der Waals surface area contributed by atoms with E-state index in [9.17, 15) is 14.0 Å². The van der Waals surface area contributed by atoms with Crippen LogP contribution in [0.5, 0.6) is 0 Å². The van der Waals surface area contributed by atoms with Gasteiger partial charge >= 0.3 is 12.1 Å². The van der Waals surface area contributed by atoms with Crippen LogP contribution in [0.2, 0.25) is 0 Å². The first-order valence-electron chi connectivity index (χ1n) is 8.07. The molecule has 0 aliphatic carbocycles. The van der Waals surface area contributed by atoms with Gasteiger partial charge in [-0.05, 0) is 45.9 Å². The molecule has 25 heavy (non-hydrogen) atoms. The largest absolute Gasteiger partial charge is 0.444 e. The molecule has 1 atom stereocenters. The first-order valence-corrected chi connectivity index (χ1v) is 8.87. The minimum Gasteiger partial charge on any atom is -0.444 e. The van der Waals surface area contributed by atoms with Gasteiger partial charge in [-0.15, -0.1) is 0 Å². The van der Waals surface area contributed by atoms with Crippen LogP contribution in [0.1, 0.15) is 27.7 Å². The predicted molar refractivity (Wildman–Crippen MR) is 97.1 cm³/mol. The van der Waals surface area contributed by atoms with Gasteiger partial charge in [0, 0.05) is 30.1 Å². The van der Waals surface area contributed by atoms with Crippen molar-refractivity contribution in [1.82, 2.24) is 9.80 Å². The second kappa shape index (κ2) is 7.59. The molecule has 1 aromatic rings. The van der Waals surface area contributed by atoms with Crippen LogP contribution in [0.4, 0.5) is 19.7 Å². The molecular formula is C17H23BrFN3O3. The normalized spacial score (nSPS) is 18.1. The fourth-order valence-corrected chi connectivity index (χ4v) is 2.86. The fourth-order valence-electron chi connectivity index (χ4n) is 2.53. The summed E-state index contributed by atoms with van der Waals surface area (Å²) in [5.74, 6) is -0.511. The van der Waals surface area contributed by atoms with Crippen LogP contribution in [0, 0.1) is 5.82 Å². The molecule has 0 bridgehead atoms. The molecule has 3 amide bonds. The summed E-state index contributed by atoms with van der Waals surface area (Å²) in [7, 11) is 0. The maximum Gasteiger partial charge on any atom is 0.410 e. The summed E-state index contributed by atoms with van der Waals surface area (Å²) in [6.07, 6.45) is -0.390. The Kier molecular flexibility index (Phi) is 5.92. The van der Waals surface area contributed by atoms with Crippen molar-refractivity contribution >= 4 is 33.7 Å². The average molecular weight is 416 g/mol. The van der Waals surface area contributed by atoms with Crippen LogP contribution in [0.25, 0.3) is 0 Å². The zero-order valence-corrected chi connectivity index (χ0v) is 16.4. The molecular weight excluding hydrogens is 393 g/mol. The third-order valence-electron chi connectivity index (χ3n) is 3.71. The first kappa shape index (κ1) is 19.5. The second-order valence-corrected chi connectivity index (χ2v) is 7.94. The van der Waals surface area contributed by atoms with Gasteiger partial charge in [-0.2, -0.15) is 0 Å². The number of anilines is 1. The number of urea groups is 1. The lowest BCUT2D eigenvalue weighted by atomic mass is 10.2. The molecule has 138 valence electrons. The summed E-state index contributed by atoms with van der Waals surface area (Å²) >= 11 is 3.18. The van der Waals surface area contributed by atoms with Crippen molar-refractivity contribution in [3.8, 4) is 0 Å². The highest BCUT2D eigenvalue weighted by atomic mass is 79.9. The fraction of sp³-hybridized carbons (Fsp3) is 0.529. The number of nitrogens with zero attached hydrogens (tertiary/aromatic N) is 2. The van der Waals surface area contributed by atoms with E-state index in [1.165, 1.54) is 12.1 Å². The standard InChI is InChI=1S/C17H23BrFN3O3/c1-11-10-21(16(24)25-17(2,3)4)7-8-22(11)15(23)20-14-6-5-12(18)9-13(14)19/h5-6,9,11H,7-8,10H2,1-4H3,(H,20,23). The molecule has 1 aliphatic heterocycles. The third kappa shape index (κ3) is 5.32. The molecule has 1 fully saturated rings. The molecule has 1 heterocycles. The monoisotopic (exact) mass is 415 g/mol. The third-order valence-corrected chi connectivity index (χ3v) is 4.21. The predicted octanol–water partition coefficient (Wildman–Crippen LogP) is 4.06. The van der Waals surface area contributed by atoms with E-state index in [1.54, 1.807) is 15.9 Å². The number of amides is 3. The highest BCUT2D eigenvalue weighted by molar-refractivity contribution is 9.10. The quantitative estimate of drug-likeness (QED) is 0.751. The van der Waals surface area contributed by atoms with Crippen molar-refractivity contribution in [2.75, 3.05) is 25.0 Å². The van der Waals surface area contributed by atoms with Crippen LogP contribution in [-0.2, 0) is 4.74 Å². The van der Waals surface area contributed by atoms with Crippen molar-refractivity contribution in [2.45, 2.75) is 39.3 Å². The summed E-state index contributed by atoms with van der Waals surface area (Å²) in [5.41, 5.74) is -0.441. The lowest BCUT2D eigenvalue weighted by molar-refractivity contribution is 0.0112. The summed E-state index contributed by atoms with van der Waals surface area (Å²) in [4.78, 5) is 27.7. The van der Waals surface area contributed by atoms with E-state index in [-0.39, 0.29) is 11.7 Å². The Balaban J connectivity index is 1.96. The van der Waals surface area contributed by atoms with Gasteiger partial charge in [0.15, 0.2) is 0 Å². The second-order valence-electron chi connectivity index (χ2n) is 7.02. The number of ether oxygens (including phenoxy) is 1. The Labute approximate surface area is 155 Å². The summed E-state index contributed by atoms with van der Waals surface area (Å²) in [6, 6.07) is 3.85. The number of hydrogen-bond acceptors (Lipinski definition) is 3. The van der Waals surface area contributed by atoms with Gasteiger partial charge in [0.2, 0.25) is 0 Å². The van der Waals surface area contributed by atoms with Crippen LogP contribution in [-0.4, -0.2) is 53.2 Å². The smallest absolute Gasteiger partial charge is 0.410 e. The van der Waals surface area contributed by atoms with Crippen LogP contribution in [0.3, 0.4) is 0 Å². The Bertz CT molecular complexity index is 663. The molecule has 1 saturated heterocycles. The minimum atomic E-state index is -0.562. The van der Waals surface area contributed by atoms with E-state index in [4.69, 9.17) is 4.74 Å². The Morgan fingerprint density at radius 1 is 1.32 bits per heavy atom. The van der Waals surface area contributed by atoms with E-state index in [2.05, 4.69) is 21.2 Å². The van der Waals surface area contributed by atoms with Crippen LogP contribution >= 0.6 is 15.9 Å². The molecule has 8 heteroatoms. The molecule has 6 nitrogen and oxygen atoms in total. The van der Waals surface area contributed by atoms with Gasteiger partial charge in [0.05, 0.1) is 5.69 Å². The van der Waals surface area contributed by atoms with Gasteiger partial charge in [-0.3, -0.25) is 0 Å². The summed E-state index contributed by atoms with van der Waals surface area (Å²) in [6.45, 7) is 8.36. The molecule has 0 spiro atoms. The lowest BCUT2D eigenvalue weighted by Gasteiger charge is -2.40. The van der Waals surface area contributed by atoms with Gasteiger partial charge in [0.25, 0.3) is 0 Å². The van der Waals surface area contributed by atoms with E-state index in [0.717, 1.165) is 0 Å². The number of benzene rings is 1. The average Bonchev–Trinajstić information content (AvgIpc) is 2.48. The molecule has 0 radical (unpaired) electrons. The summed E-state index contributed by atoms with van der Waals surface area (Å²) < 4.78 is 19.8. The number of rotatable bonds is 1. The van der Waals surface area contributed by atoms with Crippen LogP contribution in [0.15, 0.2) is 22.7 Å². The topological polar surface area (TPSA) is 61.9 Å². The maximum atomic E-state index is 13.9. The highest BCUT2D eigenvalue weighted by Crippen LogP contribution is 2.21. The van der Waals surface area contributed by atoms with Crippen molar-refractivity contribution < 1.29 is 18.7 Å². The van der Waals surface area contributed by atoms with Gasteiger partial charge in [-0.1, -0.05) is 15.9 Å². The van der Waals surface area contributed by atoms with Crippen molar-refractivity contribution in [1.29, 1.82) is 0 Å². The minimum absolute atomic E-state index is 0.120. The summed E-state index contributed by atoms with van der Waals surface area (Å²) in [5, 5.41) is 2.58.